The summed E-state index contributed by atoms with van der Waals surface area (Å²) in [5.74, 6) is 1.42. The number of hydrogen-bond donors (Lipinski definition) is 1. The van der Waals surface area contributed by atoms with Gasteiger partial charge in [0, 0.05) is 60.7 Å². The normalized spacial score (nSPS) is 19.0. The topological polar surface area (TPSA) is 98.5 Å². The Kier molecular flexibility index (Phi) is 6.36. The number of rotatable bonds is 5. The number of alkyl carbamates (subject to hydrolysis) is 1. The monoisotopic (exact) mass is 567 g/mol. The van der Waals surface area contributed by atoms with Crippen LogP contribution in [0.1, 0.15) is 73.6 Å². The Labute approximate surface area is 244 Å². The Morgan fingerprint density at radius 2 is 1.88 bits per heavy atom. The van der Waals surface area contributed by atoms with Gasteiger partial charge in [0.15, 0.2) is 11.6 Å². The number of aromatic nitrogens is 3. The first-order valence-electron chi connectivity index (χ1n) is 15.1. The van der Waals surface area contributed by atoms with Gasteiger partial charge in [0.05, 0.1) is 16.7 Å². The smallest absolute Gasteiger partial charge is 0.407 e. The minimum absolute atomic E-state index is 0.0373. The molecule has 0 bridgehead atoms. The maximum atomic E-state index is 13.8. The number of amides is 2. The second kappa shape index (κ2) is 10.00. The van der Waals surface area contributed by atoms with Crippen molar-refractivity contribution in [1.82, 2.24) is 24.3 Å². The van der Waals surface area contributed by atoms with E-state index in [1.54, 1.807) is 11.0 Å². The molecule has 2 fully saturated rings. The first-order chi connectivity index (χ1) is 20.1. The number of para-hydroxylation sites is 1. The zero-order chi connectivity index (χ0) is 29.2. The number of carbonyl (C=O) groups is 3. The molecular formula is C33H37N5O4. The molecule has 0 spiro atoms. The zero-order valence-corrected chi connectivity index (χ0v) is 24.5. The summed E-state index contributed by atoms with van der Waals surface area (Å²) in [6, 6.07) is 14.0. The van der Waals surface area contributed by atoms with E-state index in [0.717, 1.165) is 36.4 Å². The van der Waals surface area contributed by atoms with E-state index in [1.165, 1.54) is 23.7 Å². The quantitative estimate of drug-likeness (QED) is 0.330. The fourth-order valence-electron chi connectivity index (χ4n) is 6.45. The summed E-state index contributed by atoms with van der Waals surface area (Å²) in [4.78, 5) is 46.2. The van der Waals surface area contributed by atoms with Crippen LogP contribution in [-0.4, -0.2) is 61.5 Å². The van der Waals surface area contributed by atoms with E-state index in [2.05, 4.69) is 44.8 Å². The molecule has 7 rings (SSSR count). The van der Waals surface area contributed by atoms with Crippen molar-refractivity contribution in [1.29, 1.82) is 0 Å². The van der Waals surface area contributed by atoms with Gasteiger partial charge in [-0.05, 0) is 76.6 Å². The Morgan fingerprint density at radius 3 is 2.67 bits per heavy atom. The number of nitrogens with one attached hydrogen (secondary N) is 1. The fourth-order valence-corrected chi connectivity index (χ4v) is 6.45. The molecule has 42 heavy (non-hydrogen) atoms. The molecule has 0 radical (unpaired) electrons. The average Bonchev–Trinajstić information content (AvgIpc) is 3.59. The van der Waals surface area contributed by atoms with E-state index < -0.39 is 11.7 Å². The third-order valence-electron chi connectivity index (χ3n) is 8.56. The molecule has 1 atom stereocenters. The minimum Gasteiger partial charge on any atom is -0.444 e. The molecule has 4 heterocycles. The lowest BCUT2D eigenvalue weighted by molar-refractivity contribution is 0.0452. The second-order valence-corrected chi connectivity index (χ2v) is 13.0. The van der Waals surface area contributed by atoms with Crippen molar-refractivity contribution in [2.45, 2.75) is 77.6 Å². The molecule has 4 aromatic rings. The standard InChI is InChI=1S/C33H37N5O4/c1-33(2,3)42-32(41)34-23-8-6-13-36(19-23)31(40)22-15-24-28(39)12-14-37-29(24)25(16-22)35-30(37)27-17-21-7-4-5-9-26(21)38(27)18-20-10-11-20/h4-5,7,9,15-17,20,23H,6,8,10-14,18-19H2,1-3H3,(H,34,41)/t23-/m1/s1. The molecule has 0 unspecified atom stereocenters. The molecule has 1 saturated carbocycles. The van der Waals surface area contributed by atoms with Crippen LogP contribution in [-0.2, 0) is 17.8 Å². The van der Waals surface area contributed by atoms with Gasteiger partial charge in [0.2, 0.25) is 0 Å². The highest BCUT2D eigenvalue weighted by Crippen LogP contribution is 2.38. The van der Waals surface area contributed by atoms with Crippen LogP contribution in [0.4, 0.5) is 4.79 Å². The highest BCUT2D eigenvalue weighted by molar-refractivity contribution is 6.11. The van der Waals surface area contributed by atoms with Crippen LogP contribution < -0.4 is 5.32 Å². The maximum Gasteiger partial charge on any atom is 0.407 e. The maximum absolute atomic E-state index is 13.8. The number of ketones is 1. The second-order valence-electron chi connectivity index (χ2n) is 13.0. The SMILES string of the molecule is CC(C)(C)OC(=O)N[C@@H]1CCCN(C(=O)c2cc3c4c(c2)nc(-c2cc5ccccc5n2CC2CC2)n4CCC3=O)C1. The van der Waals surface area contributed by atoms with E-state index in [-0.39, 0.29) is 17.7 Å². The van der Waals surface area contributed by atoms with Crippen LogP contribution in [0.2, 0.25) is 0 Å². The van der Waals surface area contributed by atoms with Gasteiger partial charge in [0.25, 0.3) is 5.91 Å². The van der Waals surface area contributed by atoms with E-state index in [4.69, 9.17) is 9.72 Å². The molecule has 1 saturated heterocycles. The number of ether oxygens (including phenoxy) is 1. The number of carbonyl (C=O) groups excluding carboxylic acids is 3. The van der Waals surface area contributed by atoms with Crippen molar-refractivity contribution in [2.75, 3.05) is 13.1 Å². The zero-order valence-electron chi connectivity index (χ0n) is 24.5. The summed E-state index contributed by atoms with van der Waals surface area (Å²) < 4.78 is 9.96. The highest BCUT2D eigenvalue weighted by atomic mass is 16.6. The van der Waals surface area contributed by atoms with Crippen LogP contribution in [0.15, 0.2) is 42.5 Å². The molecule has 218 valence electrons. The number of likely N-dealkylation sites (tertiary alicyclic amines) is 1. The van der Waals surface area contributed by atoms with Gasteiger partial charge in [-0.3, -0.25) is 9.59 Å². The third kappa shape index (κ3) is 4.95. The molecule has 2 aliphatic heterocycles. The molecule has 9 heteroatoms. The van der Waals surface area contributed by atoms with Gasteiger partial charge in [-0.25, -0.2) is 9.78 Å². The predicted molar refractivity (Wildman–Crippen MR) is 161 cm³/mol. The molecule has 1 aliphatic carbocycles. The largest absolute Gasteiger partial charge is 0.444 e. The van der Waals surface area contributed by atoms with Crippen molar-refractivity contribution in [3.8, 4) is 11.5 Å². The number of imidazole rings is 1. The number of benzene rings is 2. The van der Waals surface area contributed by atoms with Crippen LogP contribution in [0, 0.1) is 5.92 Å². The van der Waals surface area contributed by atoms with E-state index in [9.17, 15) is 14.4 Å². The number of Topliss-reactive ketones (excluding diaryl/α,β-unsaturated/α-hetero) is 1. The number of aryl methyl sites for hydroxylation is 1. The lowest BCUT2D eigenvalue weighted by atomic mass is 9.98. The molecule has 9 nitrogen and oxygen atoms in total. The Balaban J connectivity index is 1.23. The van der Waals surface area contributed by atoms with Crippen molar-refractivity contribution < 1.29 is 19.1 Å². The van der Waals surface area contributed by atoms with Crippen molar-refractivity contribution in [3.05, 3.63) is 53.6 Å². The van der Waals surface area contributed by atoms with Gasteiger partial charge < -0.3 is 24.1 Å². The van der Waals surface area contributed by atoms with Crippen molar-refractivity contribution in [2.24, 2.45) is 5.92 Å². The number of hydrogen-bond acceptors (Lipinski definition) is 5. The molecule has 2 aromatic carbocycles. The van der Waals surface area contributed by atoms with E-state index >= 15 is 0 Å². The van der Waals surface area contributed by atoms with Crippen molar-refractivity contribution in [3.63, 3.8) is 0 Å². The van der Waals surface area contributed by atoms with Crippen molar-refractivity contribution >= 4 is 39.7 Å². The predicted octanol–water partition coefficient (Wildman–Crippen LogP) is 5.78. The van der Waals surface area contributed by atoms with E-state index in [1.807, 2.05) is 26.8 Å². The minimum atomic E-state index is -0.591. The number of piperidine rings is 1. The summed E-state index contributed by atoms with van der Waals surface area (Å²) in [5, 5.41) is 4.09. The van der Waals surface area contributed by atoms with Crippen LogP contribution in [0.3, 0.4) is 0 Å². The van der Waals surface area contributed by atoms with Crippen LogP contribution in [0.25, 0.3) is 33.5 Å². The summed E-state index contributed by atoms with van der Waals surface area (Å²) in [5.41, 5.74) is 4.16. The summed E-state index contributed by atoms with van der Waals surface area (Å²) >= 11 is 0. The Morgan fingerprint density at radius 1 is 1.07 bits per heavy atom. The summed E-state index contributed by atoms with van der Waals surface area (Å²) in [7, 11) is 0. The number of fused-ring (bicyclic) bond motifs is 1. The van der Waals surface area contributed by atoms with Gasteiger partial charge in [-0.15, -0.1) is 0 Å². The van der Waals surface area contributed by atoms with Gasteiger partial charge in [-0.2, -0.15) is 0 Å². The lowest BCUT2D eigenvalue weighted by Gasteiger charge is -2.33. The fraction of sp³-hybridized carbons (Fsp3) is 0.455. The number of nitrogens with zero attached hydrogens (tertiary/aromatic N) is 4. The Bertz CT molecular complexity index is 1740. The Hall–Kier alpha value is -4.14. The lowest BCUT2D eigenvalue weighted by Crippen LogP contribution is -2.50. The highest BCUT2D eigenvalue weighted by Gasteiger charge is 2.32. The molecular weight excluding hydrogens is 530 g/mol. The van der Waals surface area contributed by atoms with Gasteiger partial charge in [-0.1, -0.05) is 18.2 Å². The van der Waals surface area contributed by atoms with Crippen LogP contribution in [0.5, 0.6) is 0 Å². The van der Waals surface area contributed by atoms with E-state index in [0.29, 0.717) is 48.6 Å². The van der Waals surface area contributed by atoms with Crippen LogP contribution >= 0.6 is 0 Å². The summed E-state index contributed by atoms with van der Waals surface area (Å²) in [6.45, 7) is 7.98. The van der Waals surface area contributed by atoms with Gasteiger partial charge in [0.1, 0.15) is 5.60 Å². The molecule has 3 aliphatic rings. The van der Waals surface area contributed by atoms with Gasteiger partial charge >= 0.3 is 6.09 Å². The molecule has 1 N–H and O–H groups in total. The third-order valence-corrected chi connectivity index (χ3v) is 8.56. The average molecular weight is 568 g/mol. The molecule has 2 aromatic heterocycles. The molecule has 2 amide bonds. The first kappa shape index (κ1) is 26.7. The summed E-state index contributed by atoms with van der Waals surface area (Å²) in [6.07, 6.45) is 3.93. The first-order valence-corrected chi connectivity index (χ1v) is 15.1.